The summed E-state index contributed by atoms with van der Waals surface area (Å²) in [6.45, 7) is 5.75. The van der Waals surface area contributed by atoms with E-state index in [9.17, 15) is 0 Å². The highest BCUT2D eigenvalue weighted by molar-refractivity contribution is 6.31. The Bertz CT molecular complexity index is 509. The molecule has 2 rings (SSSR count). The lowest BCUT2D eigenvalue weighted by Gasteiger charge is -2.19. The zero-order valence-corrected chi connectivity index (χ0v) is 11.4. The van der Waals surface area contributed by atoms with Crippen LogP contribution >= 0.6 is 11.6 Å². The van der Waals surface area contributed by atoms with Gasteiger partial charge in [0.25, 0.3) is 0 Å². The van der Waals surface area contributed by atoms with Gasteiger partial charge in [-0.2, -0.15) is 5.10 Å². The van der Waals surface area contributed by atoms with E-state index in [2.05, 4.69) is 22.3 Å². The van der Waals surface area contributed by atoms with E-state index in [1.165, 1.54) is 0 Å². The molecule has 0 bridgehead atoms. The van der Waals surface area contributed by atoms with E-state index in [4.69, 9.17) is 11.6 Å². The minimum atomic E-state index is -0.0221. The van der Waals surface area contributed by atoms with Crippen molar-refractivity contribution in [3.8, 4) is 0 Å². The molecule has 96 valence electrons. The molecule has 1 atom stereocenters. The van der Waals surface area contributed by atoms with Crippen LogP contribution in [0.4, 0.5) is 0 Å². The third kappa shape index (κ3) is 2.54. The fourth-order valence-electron chi connectivity index (χ4n) is 1.99. The van der Waals surface area contributed by atoms with Gasteiger partial charge in [0.15, 0.2) is 0 Å². The van der Waals surface area contributed by atoms with E-state index in [-0.39, 0.29) is 6.04 Å². The van der Waals surface area contributed by atoms with Crippen molar-refractivity contribution in [2.75, 3.05) is 6.54 Å². The molecule has 1 unspecified atom stereocenters. The van der Waals surface area contributed by atoms with Crippen molar-refractivity contribution in [3.05, 3.63) is 47.0 Å². The molecule has 0 saturated carbocycles. The first kappa shape index (κ1) is 13.1. The van der Waals surface area contributed by atoms with Crippen LogP contribution in [0.15, 0.2) is 30.6 Å². The highest BCUT2D eigenvalue weighted by atomic mass is 35.5. The van der Waals surface area contributed by atoms with Gasteiger partial charge >= 0.3 is 0 Å². The molecular formula is C13H17ClN4. The molecule has 0 aliphatic rings. The first-order chi connectivity index (χ1) is 8.77. The van der Waals surface area contributed by atoms with E-state index in [0.29, 0.717) is 0 Å². The number of rotatable bonds is 5. The van der Waals surface area contributed by atoms with Crippen molar-refractivity contribution >= 4 is 11.6 Å². The number of nitrogens with zero attached hydrogens (tertiary/aromatic N) is 3. The van der Waals surface area contributed by atoms with Crippen LogP contribution in [-0.4, -0.2) is 21.3 Å². The Morgan fingerprint density at radius 2 is 2.11 bits per heavy atom. The Balaban J connectivity index is 2.43. The third-order valence-electron chi connectivity index (χ3n) is 2.83. The van der Waals surface area contributed by atoms with E-state index in [1.807, 2.05) is 35.9 Å². The normalized spacial score (nSPS) is 12.6. The molecule has 0 aliphatic heterocycles. The van der Waals surface area contributed by atoms with Gasteiger partial charge in [-0.15, -0.1) is 0 Å². The van der Waals surface area contributed by atoms with Gasteiger partial charge < -0.3 is 5.32 Å². The second-order valence-electron chi connectivity index (χ2n) is 3.95. The number of hydrogen-bond acceptors (Lipinski definition) is 3. The molecule has 18 heavy (non-hydrogen) atoms. The van der Waals surface area contributed by atoms with Crippen LogP contribution in [0.25, 0.3) is 0 Å². The zero-order chi connectivity index (χ0) is 13.0. The quantitative estimate of drug-likeness (QED) is 0.903. The molecule has 1 heterocycles. The van der Waals surface area contributed by atoms with Gasteiger partial charge in [-0.25, -0.2) is 9.67 Å². The summed E-state index contributed by atoms with van der Waals surface area (Å²) in [4.78, 5) is 4.35. The van der Waals surface area contributed by atoms with Gasteiger partial charge in [0.1, 0.15) is 12.2 Å². The summed E-state index contributed by atoms with van der Waals surface area (Å²) in [5.41, 5.74) is 1.03. The van der Waals surface area contributed by atoms with Gasteiger partial charge in [0, 0.05) is 11.6 Å². The number of aromatic nitrogens is 3. The minimum absolute atomic E-state index is 0.0221. The lowest BCUT2D eigenvalue weighted by molar-refractivity contribution is 0.531. The second kappa shape index (κ2) is 5.98. The maximum atomic E-state index is 6.27. The summed E-state index contributed by atoms with van der Waals surface area (Å²) in [5, 5.41) is 8.37. The number of aryl methyl sites for hydroxylation is 1. The van der Waals surface area contributed by atoms with Crippen molar-refractivity contribution in [1.82, 2.24) is 20.1 Å². The van der Waals surface area contributed by atoms with Crippen LogP contribution in [0.1, 0.15) is 31.3 Å². The summed E-state index contributed by atoms with van der Waals surface area (Å²) in [6, 6.07) is 7.81. The monoisotopic (exact) mass is 264 g/mol. The maximum absolute atomic E-state index is 6.27. The van der Waals surface area contributed by atoms with Crippen molar-refractivity contribution in [2.45, 2.75) is 26.4 Å². The van der Waals surface area contributed by atoms with Crippen LogP contribution in [-0.2, 0) is 6.54 Å². The highest BCUT2D eigenvalue weighted by Gasteiger charge is 2.20. The Labute approximate surface area is 112 Å². The predicted molar refractivity (Wildman–Crippen MR) is 72.7 cm³/mol. The molecule has 0 saturated heterocycles. The second-order valence-corrected chi connectivity index (χ2v) is 4.35. The first-order valence-electron chi connectivity index (χ1n) is 6.13. The lowest BCUT2D eigenvalue weighted by atomic mass is 10.1. The molecule has 0 amide bonds. The summed E-state index contributed by atoms with van der Waals surface area (Å²) in [5.74, 6) is 0.896. The van der Waals surface area contributed by atoms with Gasteiger partial charge in [-0.05, 0) is 25.1 Å². The molecule has 5 heteroatoms. The average molecular weight is 265 g/mol. The molecule has 0 aliphatic carbocycles. The molecule has 1 N–H and O–H groups in total. The topological polar surface area (TPSA) is 42.7 Å². The Kier molecular flexibility index (Phi) is 4.33. The average Bonchev–Trinajstić information content (AvgIpc) is 2.85. The number of benzene rings is 1. The number of halogens is 1. The Morgan fingerprint density at radius 1 is 1.33 bits per heavy atom. The van der Waals surface area contributed by atoms with Gasteiger partial charge in [0.2, 0.25) is 0 Å². The van der Waals surface area contributed by atoms with Gasteiger partial charge in [0.05, 0.1) is 6.04 Å². The van der Waals surface area contributed by atoms with Gasteiger partial charge in [-0.3, -0.25) is 0 Å². The maximum Gasteiger partial charge on any atom is 0.148 e. The fraction of sp³-hybridized carbons (Fsp3) is 0.385. The van der Waals surface area contributed by atoms with Crippen LogP contribution in [0.3, 0.4) is 0 Å². The van der Waals surface area contributed by atoms with Crippen molar-refractivity contribution in [1.29, 1.82) is 0 Å². The van der Waals surface area contributed by atoms with E-state index in [0.717, 1.165) is 29.5 Å². The van der Waals surface area contributed by atoms with Crippen LogP contribution in [0.5, 0.6) is 0 Å². The molecule has 2 aromatic rings. The van der Waals surface area contributed by atoms with Crippen molar-refractivity contribution in [3.63, 3.8) is 0 Å². The molecule has 0 spiro atoms. The predicted octanol–water partition coefficient (Wildman–Crippen LogP) is 2.65. The Morgan fingerprint density at radius 3 is 2.78 bits per heavy atom. The largest absolute Gasteiger partial charge is 0.304 e. The smallest absolute Gasteiger partial charge is 0.148 e. The van der Waals surface area contributed by atoms with E-state index < -0.39 is 0 Å². The zero-order valence-electron chi connectivity index (χ0n) is 10.6. The Hall–Kier alpha value is -1.39. The van der Waals surface area contributed by atoms with Crippen molar-refractivity contribution < 1.29 is 0 Å². The van der Waals surface area contributed by atoms with E-state index >= 15 is 0 Å². The molecule has 1 aromatic heterocycles. The summed E-state index contributed by atoms with van der Waals surface area (Å²) in [6.07, 6.45) is 1.58. The van der Waals surface area contributed by atoms with Crippen molar-refractivity contribution in [2.24, 2.45) is 0 Å². The molecule has 1 aromatic carbocycles. The van der Waals surface area contributed by atoms with Gasteiger partial charge in [-0.1, -0.05) is 36.7 Å². The highest BCUT2D eigenvalue weighted by Crippen LogP contribution is 2.26. The fourth-order valence-corrected chi connectivity index (χ4v) is 2.24. The third-order valence-corrected chi connectivity index (χ3v) is 3.17. The molecule has 0 fully saturated rings. The molecular weight excluding hydrogens is 248 g/mol. The summed E-state index contributed by atoms with van der Waals surface area (Å²) < 4.78 is 1.89. The standard InChI is InChI=1S/C13H17ClN4/c1-3-15-12(10-7-5-6-8-11(10)14)13-16-9-17-18(13)4-2/h5-9,12,15H,3-4H2,1-2H3. The minimum Gasteiger partial charge on any atom is -0.304 e. The van der Waals surface area contributed by atoms with Crippen LogP contribution < -0.4 is 5.32 Å². The lowest BCUT2D eigenvalue weighted by Crippen LogP contribution is -2.25. The number of nitrogens with one attached hydrogen (secondary N) is 1. The molecule has 4 nitrogen and oxygen atoms in total. The first-order valence-corrected chi connectivity index (χ1v) is 6.51. The summed E-state index contributed by atoms with van der Waals surface area (Å²) >= 11 is 6.27. The van der Waals surface area contributed by atoms with Crippen LogP contribution in [0.2, 0.25) is 5.02 Å². The van der Waals surface area contributed by atoms with E-state index in [1.54, 1.807) is 6.33 Å². The SMILES string of the molecule is CCNC(c1ccccc1Cl)c1ncnn1CC. The molecule has 0 radical (unpaired) electrons. The number of hydrogen-bond donors (Lipinski definition) is 1. The summed E-state index contributed by atoms with van der Waals surface area (Å²) in [7, 11) is 0. The van der Waals surface area contributed by atoms with Crippen LogP contribution in [0, 0.1) is 0 Å².